The molecule has 1 aromatic carbocycles. The molecule has 0 aromatic heterocycles. The fourth-order valence-electron chi connectivity index (χ4n) is 1.19. The highest BCUT2D eigenvalue weighted by Gasteiger charge is 2.10. The highest BCUT2D eigenvalue weighted by Crippen LogP contribution is 2.30. The number of thioether (sulfide) groups is 1. The second-order valence-electron chi connectivity index (χ2n) is 3.21. The van der Waals surface area contributed by atoms with Gasteiger partial charge in [0.1, 0.15) is 5.69 Å². The summed E-state index contributed by atoms with van der Waals surface area (Å²) < 4.78 is 28.8. The molecule has 1 aromatic rings. The molecule has 0 fully saturated rings. The zero-order valence-corrected chi connectivity index (χ0v) is 10.6. The number of aliphatic imine (C=N–C) groups is 1. The molecule has 0 aliphatic carbocycles. The number of hydrogen-bond donors (Lipinski definition) is 1. The molecule has 0 aliphatic heterocycles. The lowest BCUT2D eigenvalue weighted by molar-refractivity contribution is -0.0494. The van der Waals surface area contributed by atoms with Crippen LogP contribution in [0.25, 0.3) is 0 Å². The molecule has 0 amide bonds. The van der Waals surface area contributed by atoms with Crippen LogP contribution in [-0.2, 0) is 0 Å². The first kappa shape index (κ1) is 14.3. The van der Waals surface area contributed by atoms with Gasteiger partial charge in [0, 0.05) is 0 Å². The van der Waals surface area contributed by atoms with Gasteiger partial charge in [0.2, 0.25) is 0 Å². The molecule has 0 atom stereocenters. The van der Waals surface area contributed by atoms with Crippen molar-refractivity contribution in [1.82, 2.24) is 5.32 Å². The number of halogens is 2. The Morgan fingerprint density at radius 2 is 2.28 bits per heavy atom. The predicted octanol–water partition coefficient (Wildman–Crippen LogP) is 3.02. The molecular weight excluding hydrogens is 260 g/mol. The van der Waals surface area contributed by atoms with Gasteiger partial charge in [0.05, 0.1) is 0 Å². The molecule has 0 aliphatic rings. The van der Waals surface area contributed by atoms with Crippen molar-refractivity contribution in [1.29, 1.82) is 5.26 Å². The van der Waals surface area contributed by atoms with Gasteiger partial charge in [-0.15, -0.1) is 0 Å². The minimum atomic E-state index is -2.91. The van der Waals surface area contributed by atoms with E-state index in [-0.39, 0.29) is 11.4 Å². The Hall–Kier alpha value is -1.81. The Morgan fingerprint density at radius 3 is 2.83 bits per heavy atom. The van der Waals surface area contributed by atoms with Gasteiger partial charge >= 0.3 is 6.61 Å². The van der Waals surface area contributed by atoms with Crippen LogP contribution in [0.1, 0.15) is 5.56 Å². The molecule has 0 heterocycles. The summed E-state index contributed by atoms with van der Waals surface area (Å²) >= 11 is 1.20. The van der Waals surface area contributed by atoms with Crippen LogP contribution >= 0.6 is 11.8 Å². The van der Waals surface area contributed by atoms with E-state index in [1.807, 2.05) is 6.92 Å². The Morgan fingerprint density at radius 1 is 1.56 bits per heavy atom. The van der Waals surface area contributed by atoms with Crippen LogP contribution in [0.15, 0.2) is 23.2 Å². The number of benzene rings is 1. The highest BCUT2D eigenvalue weighted by atomic mass is 32.2. The third-order valence-electron chi connectivity index (χ3n) is 1.91. The zero-order valence-electron chi connectivity index (χ0n) is 9.78. The van der Waals surface area contributed by atoms with Gasteiger partial charge in [-0.2, -0.15) is 14.0 Å². The maximum absolute atomic E-state index is 12.2. The van der Waals surface area contributed by atoms with Gasteiger partial charge in [-0.25, -0.2) is 4.99 Å². The average Bonchev–Trinajstić information content (AvgIpc) is 2.31. The number of nitrogens with zero attached hydrogens (tertiary/aromatic N) is 2. The summed E-state index contributed by atoms with van der Waals surface area (Å²) in [6.45, 7) is -1.11. The number of aryl methyl sites for hydroxylation is 1. The number of ether oxygens (including phenoxy) is 1. The molecule has 0 saturated carbocycles. The standard InChI is InChI=1S/C11H11F2N3OS/c1-7-3-4-9(17-10(12)13)8(5-7)16-11(18-2)15-6-14/h3-5,10H,1-2H3,(H,15,16). The lowest BCUT2D eigenvalue weighted by Crippen LogP contribution is -2.12. The molecule has 7 heteroatoms. The minimum absolute atomic E-state index is 0.0260. The SMILES string of the molecule is CSC(=Nc1cc(C)ccc1OC(F)F)NC#N. The van der Waals surface area contributed by atoms with Crippen molar-refractivity contribution in [2.45, 2.75) is 13.5 Å². The van der Waals surface area contributed by atoms with E-state index in [0.717, 1.165) is 5.56 Å². The number of nitrogens with one attached hydrogen (secondary N) is 1. The Bertz CT molecular complexity index is 486. The van der Waals surface area contributed by atoms with Gasteiger partial charge in [-0.3, -0.25) is 5.32 Å². The van der Waals surface area contributed by atoms with Crippen molar-refractivity contribution in [2.24, 2.45) is 4.99 Å². The molecule has 1 rings (SSSR count). The second kappa shape index (κ2) is 6.81. The monoisotopic (exact) mass is 271 g/mol. The summed E-state index contributed by atoms with van der Waals surface area (Å²) in [5, 5.41) is 11.2. The fraction of sp³-hybridized carbons (Fsp3) is 0.273. The molecule has 0 bridgehead atoms. The summed E-state index contributed by atoms with van der Waals surface area (Å²) in [5.41, 5.74) is 1.11. The summed E-state index contributed by atoms with van der Waals surface area (Å²) in [4.78, 5) is 4.07. The zero-order chi connectivity index (χ0) is 13.5. The van der Waals surface area contributed by atoms with Crippen molar-refractivity contribution in [3.63, 3.8) is 0 Å². The van der Waals surface area contributed by atoms with Gasteiger partial charge in [-0.1, -0.05) is 17.8 Å². The van der Waals surface area contributed by atoms with Crippen molar-refractivity contribution >= 4 is 22.6 Å². The Labute approximate surface area is 108 Å². The summed E-state index contributed by atoms with van der Waals surface area (Å²) in [6, 6.07) is 4.67. The number of nitriles is 1. The van der Waals surface area contributed by atoms with Crippen molar-refractivity contribution in [3.8, 4) is 11.9 Å². The van der Waals surface area contributed by atoms with Crippen LogP contribution < -0.4 is 10.1 Å². The van der Waals surface area contributed by atoms with E-state index >= 15 is 0 Å². The van der Waals surface area contributed by atoms with Crippen LogP contribution in [0.3, 0.4) is 0 Å². The average molecular weight is 271 g/mol. The van der Waals surface area contributed by atoms with Gasteiger partial charge in [-0.05, 0) is 30.9 Å². The van der Waals surface area contributed by atoms with Crippen LogP contribution in [0.4, 0.5) is 14.5 Å². The number of alkyl halides is 2. The normalized spacial score (nSPS) is 11.2. The fourth-order valence-corrected chi connectivity index (χ4v) is 1.53. The van der Waals surface area contributed by atoms with E-state index in [4.69, 9.17) is 5.26 Å². The highest BCUT2D eigenvalue weighted by molar-refractivity contribution is 8.13. The van der Waals surface area contributed by atoms with Crippen LogP contribution in [0.2, 0.25) is 0 Å². The van der Waals surface area contributed by atoms with Crippen molar-refractivity contribution in [2.75, 3.05) is 6.26 Å². The topological polar surface area (TPSA) is 57.4 Å². The Kier molecular flexibility index (Phi) is 5.39. The molecule has 0 unspecified atom stereocenters. The van der Waals surface area contributed by atoms with Crippen molar-refractivity contribution in [3.05, 3.63) is 23.8 Å². The maximum atomic E-state index is 12.2. The van der Waals surface area contributed by atoms with E-state index in [1.54, 1.807) is 24.6 Å². The van der Waals surface area contributed by atoms with Gasteiger partial charge in [0.15, 0.2) is 17.1 Å². The maximum Gasteiger partial charge on any atom is 0.387 e. The molecule has 96 valence electrons. The van der Waals surface area contributed by atoms with E-state index in [1.165, 1.54) is 17.8 Å². The molecule has 1 N–H and O–H groups in total. The van der Waals surface area contributed by atoms with Crippen molar-refractivity contribution < 1.29 is 13.5 Å². The molecule has 18 heavy (non-hydrogen) atoms. The summed E-state index contributed by atoms with van der Waals surface area (Å²) in [5.74, 6) is -0.0260. The first-order chi connectivity index (χ1) is 8.56. The number of rotatable bonds is 3. The smallest absolute Gasteiger partial charge is 0.387 e. The Balaban J connectivity index is 3.12. The quantitative estimate of drug-likeness (QED) is 0.397. The molecule has 4 nitrogen and oxygen atoms in total. The van der Waals surface area contributed by atoms with Gasteiger partial charge < -0.3 is 4.74 Å². The lowest BCUT2D eigenvalue weighted by atomic mass is 10.2. The first-order valence-electron chi connectivity index (χ1n) is 4.90. The number of amidine groups is 1. The van der Waals surface area contributed by atoms with E-state index in [2.05, 4.69) is 15.0 Å². The molecular formula is C11H11F2N3OS. The van der Waals surface area contributed by atoms with E-state index < -0.39 is 6.61 Å². The molecule has 0 radical (unpaired) electrons. The van der Waals surface area contributed by atoms with E-state index in [9.17, 15) is 8.78 Å². The first-order valence-corrected chi connectivity index (χ1v) is 6.12. The van der Waals surface area contributed by atoms with Crippen LogP contribution in [0.5, 0.6) is 5.75 Å². The second-order valence-corrected chi connectivity index (χ2v) is 4.00. The van der Waals surface area contributed by atoms with E-state index in [0.29, 0.717) is 5.17 Å². The van der Waals surface area contributed by atoms with Crippen LogP contribution in [-0.4, -0.2) is 18.0 Å². The third kappa shape index (κ3) is 4.22. The molecule has 0 saturated heterocycles. The van der Waals surface area contributed by atoms with Crippen LogP contribution in [0, 0.1) is 18.4 Å². The third-order valence-corrected chi connectivity index (χ3v) is 2.49. The number of hydrogen-bond acceptors (Lipinski definition) is 4. The molecule has 0 spiro atoms. The summed E-state index contributed by atoms with van der Waals surface area (Å²) in [7, 11) is 0. The minimum Gasteiger partial charge on any atom is -0.433 e. The lowest BCUT2D eigenvalue weighted by Gasteiger charge is -2.09. The predicted molar refractivity (Wildman–Crippen MR) is 67.2 cm³/mol. The van der Waals surface area contributed by atoms with Gasteiger partial charge in [0.25, 0.3) is 0 Å². The largest absolute Gasteiger partial charge is 0.433 e. The summed E-state index contributed by atoms with van der Waals surface area (Å²) in [6.07, 6.45) is 3.44.